The number of anilines is 3. The molecule has 0 aliphatic heterocycles. The maximum Gasteiger partial charge on any atom is 0.243 e. The molecule has 0 aliphatic carbocycles. The predicted octanol–water partition coefficient (Wildman–Crippen LogP) is 3.44. The number of carbonyl (C=O) groups is 1. The molecular weight excluding hydrogens is 320 g/mol. The Morgan fingerprint density at radius 1 is 1.08 bits per heavy atom. The molecule has 6 heteroatoms. The molecule has 1 heterocycles. The van der Waals surface area contributed by atoms with Gasteiger partial charge < -0.3 is 15.1 Å². The minimum Gasteiger partial charge on any atom is -0.378 e. The molecule has 1 aromatic heterocycles. The van der Waals surface area contributed by atoms with E-state index in [9.17, 15) is 4.79 Å². The van der Waals surface area contributed by atoms with Crippen LogP contribution in [0.15, 0.2) is 48.5 Å². The van der Waals surface area contributed by atoms with Gasteiger partial charge in [0.15, 0.2) is 5.13 Å². The lowest BCUT2D eigenvalue weighted by atomic mass is 10.2. The molecule has 1 N–H and O–H groups in total. The van der Waals surface area contributed by atoms with E-state index in [1.807, 2.05) is 79.5 Å². The maximum atomic E-state index is 12.2. The first-order chi connectivity index (χ1) is 11.5. The lowest BCUT2D eigenvalue weighted by Gasteiger charge is -2.16. The van der Waals surface area contributed by atoms with E-state index in [1.165, 1.54) is 0 Å². The van der Waals surface area contributed by atoms with E-state index in [0.29, 0.717) is 0 Å². The van der Waals surface area contributed by atoms with E-state index in [-0.39, 0.29) is 12.5 Å². The maximum absolute atomic E-state index is 12.2. The summed E-state index contributed by atoms with van der Waals surface area (Å²) in [5.41, 5.74) is 2.85. The Balaban J connectivity index is 1.63. The number of thiazole rings is 1. The Labute approximate surface area is 145 Å². The molecular formula is C18H20N4OS. The van der Waals surface area contributed by atoms with Crippen LogP contribution in [0.2, 0.25) is 0 Å². The van der Waals surface area contributed by atoms with Crippen LogP contribution >= 0.6 is 11.3 Å². The number of para-hydroxylation sites is 1. The highest BCUT2D eigenvalue weighted by Gasteiger charge is 2.12. The number of benzene rings is 2. The largest absolute Gasteiger partial charge is 0.378 e. The van der Waals surface area contributed by atoms with Gasteiger partial charge in [0.25, 0.3) is 0 Å². The van der Waals surface area contributed by atoms with Crippen LogP contribution in [0.1, 0.15) is 0 Å². The van der Waals surface area contributed by atoms with Gasteiger partial charge in [-0.15, -0.1) is 0 Å². The Bertz CT molecular complexity index is 809. The van der Waals surface area contributed by atoms with Crippen molar-refractivity contribution in [3.05, 3.63) is 48.5 Å². The number of carbonyl (C=O) groups excluding carboxylic acids is 1. The first kappa shape index (κ1) is 16.3. The highest BCUT2D eigenvalue weighted by molar-refractivity contribution is 7.22. The van der Waals surface area contributed by atoms with Crippen molar-refractivity contribution in [3.8, 4) is 0 Å². The van der Waals surface area contributed by atoms with Gasteiger partial charge >= 0.3 is 0 Å². The number of aromatic nitrogens is 1. The fourth-order valence-corrected chi connectivity index (χ4v) is 3.28. The first-order valence-electron chi connectivity index (χ1n) is 7.67. The Kier molecular flexibility index (Phi) is 4.66. The Hall–Kier alpha value is -2.60. The SMILES string of the molecule is CN(C)c1ccc(NC(=O)CN(C)c2nc3ccccc3s2)cc1. The monoisotopic (exact) mass is 340 g/mol. The number of amides is 1. The van der Waals surface area contributed by atoms with Crippen LogP contribution in [0.4, 0.5) is 16.5 Å². The second-order valence-corrected chi connectivity index (χ2v) is 6.82. The molecule has 3 rings (SSSR count). The minimum absolute atomic E-state index is 0.0608. The van der Waals surface area contributed by atoms with E-state index in [2.05, 4.69) is 10.3 Å². The smallest absolute Gasteiger partial charge is 0.243 e. The van der Waals surface area contributed by atoms with E-state index in [4.69, 9.17) is 0 Å². The van der Waals surface area contributed by atoms with Gasteiger partial charge in [-0.2, -0.15) is 0 Å². The van der Waals surface area contributed by atoms with E-state index in [1.54, 1.807) is 11.3 Å². The molecule has 1 amide bonds. The summed E-state index contributed by atoms with van der Waals surface area (Å²) in [6, 6.07) is 15.8. The fourth-order valence-electron chi connectivity index (χ4n) is 2.35. The van der Waals surface area contributed by atoms with Crippen molar-refractivity contribution in [2.45, 2.75) is 0 Å². The number of hydrogen-bond acceptors (Lipinski definition) is 5. The predicted molar refractivity (Wildman–Crippen MR) is 102 cm³/mol. The number of likely N-dealkylation sites (N-methyl/N-ethyl adjacent to an activating group) is 1. The highest BCUT2D eigenvalue weighted by atomic mass is 32.1. The molecule has 2 aromatic carbocycles. The summed E-state index contributed by atoms with van der Waals surface area (Å²) in [6.07, 6.45) is 0. The van der Waals surface area contributed by atoms with Crippen molar-refractivity contribution in [1.29, 1.82) is 0 Å². The second-order valence-electron chi connectivity index (χ2n) is 5.81. The minimum atomic E-state index is -0.0608. The van der Waals surface area contributed by atoms with Gasteiger partial charge in [-0.1, -0.05) is 23.5 Å². The highest BCUT2D eigenvalue weighted by Crippen LogP contribution is 2.27. The molecule has 24 heavy (non-hydrogen) atoms. The summed E-state index contributed by atoms with van der Waals surface area (Å²) in [5.74, 6) is -0.0608. The summed E-state index contributed by atoms with van der Waals surface area (Å²) in [6.45, 7) is 0.259. The average Bonchev–Trinajstić information content (AvgIpc) is 2.99. The topological polar surface area (TPSA) is 48.5 Å². The molecule has 0 bridgehead atoms. The third-order valence-corrected chi connectivity index (χ3v) is 4.81. The van der Waals surface area contributed by atoms with Crippen LogP contribution < -0.4 is 15.1 Å². The molecule has 124 valence electrons. The van der Waals surface area contributed by atoms with Crippen molar-refractivity contribution in [2.75, 3.05) is 42.8 Å². The van der Waals surface area contributed by atoms with Crippen LogP contribution in [0, 0.1) is 0 Å². The quantitative estimate of drug-likeness (QED) is 0.773. The van der Waals surface area contributed by atoms with Crippen LogP contribution in [-0.4, -0.2) is 38.6 Å². The zero-order chi connectivity index (χ0) is 17.1. The fraction of sp³-hybridized carbons (Fsp3) is 0.222. The lowest BCUT2D eigenvalue weighted by Crippen LogP contribution is -2.29. The molecule has 0 unspecified atom stereocenters. The zero-order valence-corrected chi connectivity index (χ0v) is 14.8. The third kappa shape index (κ3) is 3.65. The van der Waals surface area contributed by atoms with Gasteiger partial charge in [0, 0.05) is 32.5 Å². The van der Waals surface area contributed by atoms with Crippen LogP contribution in [-0.2, 0) is 4.79 Å². The number of hydrogen-bond donors (Lipinski definition) is 1. The number of rotatable bonds is 5. The molecule has 0 saturated carbocycles. The number of nitrogens with zero attached hydrogens (tertiary/aromatic N) is 3. The Morgan fingerprint density at radius 2 is 1.79 bits per heavy atom. The summed E-state index contributed by atoms with van der Waals surface area (Å²) in [7, 11) is 5.85. The number of fused-ring (bicyclic) bond motifs is 1. The van der Waals surface area contributed by atoms with Crippen molar-refractivity contribution in [3.63, 3.8) is 0 Å². The van der Waals surface area contributed by atoms with Gasteiger partial charge in [0.1, 0.15) is 0 Å². The van der Waals surface area contributed by atoms with Gasteiger partial charge in [-0.25, -0.2) is 4.98 Å². The molecule has 0 fully saturated rings. The molecule has 0 saturated heterocycles. The van der Waals surface area contributed by atoms with Gasteiger partial charge in [0.2, 0.25) is 5.91 Å². The lowest BCUT2D eigenvalue weighted by molar-refractivity contribution is -0.114. The van der Waals surface area contributed by atoms with Gasteiger partial charge in [-0.3, -0.25) is 4.79 Å². The normalized spacial score (nSPS) is 10.6. The van der Waals surface area contributed by atoms with Gasteiger partial charge in [-0.05, 0) is 36.4 Å². The molecule has 0 aliphatic rings. The van der Waals surface area contributed by atoms with Crippen LogP contribution in [0.25, 0.3) is 10.2 Å². The standard InChI is InChI=1S/C18H20N4OS/c1-21(2)14-10-8-13(9-11-14)19-17(23)12-22(3)18-20-15-6-4-5-7-16(15)24-18/h4-11H,12H2,1-3H3,(H,19,23). The summed E-state index contributed by atoms with van der Waals surface area (Å²) in [5, 5.41) is 3.76. The third-order valence-electron chi connectivity index (χ3n) is 3.66. The molecule has 5 nitrogen and oxygen atoms in total. The molecule has 0 radical (unpaired) electrons. The summed E-state index contributed by atoms with van der Waals surface area (Å²) >= 11 is 1.59. The second kappa shape index (κ2) is 6.88. The average molecular weight is 340 g/mol. The molecule has 0 spiro atoms. The van der Waals surface area contributed by atoms with Crippen molar-refractivity contribution in [1.82, 2.24) is 4.98 Å². The zero-order valence-electron chi connectivity index (χ0n) is 14.0. The van der Waals surface area contributed by atoms with E-state index < -0.39 is 0 Å². The van der Waals surface area contributed by atoms with Gasteiger partial charge in [0.05, 0.1) is 16.8 Å². The summed E-state index contributed by atoms with van der Waals surface area (Å²) < 4.78 is 1.12. The van der Waals surface area contributed by atoms with Crippen molar-refractivity contribution < 1.29 is 4.79 Å². The van der Waals surface area contributed by atoms with Crippen LogP contribution in [0.3, 0.4) is 0 Å². The molecule has 0 atom stereocenters. The summed E-state index contributed by atoms with van der Waals surface area (Å²) in [4.78, 5) is 20.7. The molecule has 3 aromatic rings. The van der Waals surface area contributed by atoms with E-state index in [0.717, 1.165) is 26.7 Å². The number of nitrogens with one attached hydrogen (secondary N) is 1. The Morgan fingerprint density at radius 3 is 2.46 bits per heavy atom. The first-order valence-corrected chi connectivity index (χ1v) is 8.48. The van der Waals surface area contributed by atoms with Crippen molar-refractivity contribution in [2.24, 2.45) is 0 Å². The van der Waals surface area contributed by atoms with Crippen LogP contribution in [0.5, 0.6) is 0 Å². The van der Waals surface area contributed by atoms with Crippen molar-refractivity contribution >= 4 is 44.0 Å². The van der Waals surface area contributed by atoms with E-state index >= 15 is 0 Å².